The Morgan fingerprint density at radius 2 is 1.69 bits per heavy atom. The van der Waals surface area contributed by atoms with Crippen molar-refractivity contribution in [1.82, 2.24) is 15.1 Å². The number of rotatable bonds is 17. The summed E-state index contributed by atoms with van der Waals surface area (Å²) in [6, 6.07) is 19.9. The summed E-state index contributed by atoms with van der Waals surface area (Å²) in [7, 11) is 1.62. The monoisotopic (exact) mass is 776 g/mol. The van der Waals surface area contributed by atoms with E-state index in [0.29, 0.717) is 67.2 Å². The molecule has 3 aromatic rings. The van der Waals surface area contributed by atoms with E-state index in [1.165, 1.54) is 12.1 Å². The third-order valence-electron chi connectivity index (χ3n) is 9.77. The number of piperazine rings is 1. The molecular weight excluding hydrogens is 731 g/mol. The van der Waals surface area contributed by atoms with E-state index in [4.69, 9.17) is 19.9 Å². The molecule has 3 N–H and O–H groups in total. The number of hydrogen-bond acceptors (Lipinski definition) is 7. The van der Waals surface area contributed by atoms with Crippen molar-refractivity contribution in [2.24, 2.45) is 5.73 Å². The Morgan fingerprint density at radius 1 is 0.942 bits per heavy atom. The zero-order valence-corrected chi connectivity index (χ0v) is 31.0. The number of amides is 3. The summed E-state index contributed by atoms with van der Waals surface area (Å²) >= 11 is 3.40. The Morgan fingerprint density at radius 3 is 2.40 bits per heavy atom. The van der Waals surface area contributed by atoms with E-state index in [1.807, 2.05) is 34.1 Å². The van der Waals surface area contributed by atoms with Gasteiger partial charge < -0.3 is 35.1 Å². The van der Waals surface area contributed by atoms with Crippen molar-refractivity contribution in [3.63, 3.8) is 0 Å². The third-order valence-corrected chi connectivity index (χ3v) is 10.4. The molecule has 276 valence electrons. The van der Waals surface area contributed by atoms with Crippen LogP contribution in [0, 0.1) is 5.82 Å². The maximum absolute atomic E-state index is 14.7. The van der Waals surface area contributed by atoms with E-state index in [-0.39, 0.29) is 48.6 Å². The average molecular weight is 778 g/mol. The molecule has 1 saturated heterocycles. The normalized spacial score (nSPS) is 18.2. The van der Waals surface area contributed by atoms with Crippen LogP contribution in [0.4, 0.5) is 4.39 Å². The summed E-state index contributed by atoms with van der Waals surface area (Å²) in [5.41, 5.74) is 9.14. The van der Waals surface area contributed by atoms with Crippen molar-refractivity contribution in [3.05, 3.63) is 93.7 Å². The number of methoxy groups -OCH3 is 1. The first-order valence-corrected chi connectivity index (χ1v) is 18.8. The number of ether oxygens (including phenoxy) is 3. The number of nitrogens with zero attached hydrogens (tertiary/aromatic N) is 2. The molecule has 3 amide bonds. The maximum Gasteiger partial charge on any atom is 0.252 e. The number of benzene rings is 3. The molecule has 1 saturated carbocycles. The Hall–Kier alpha value is -4.42. The largest absolute Gasteiger partial charge is 0.497 e. The number of hydrogen-bond donors (Lipinski definition) is 2. The fraction of sp³-hybridized carbons (Fsp3) is 0.425. The van der Waals surface area contributed by atoms with Crippen LogP contribution in [0.25, 0.3) is 5.57 Å². The molecule has 12 heteroatoms. The molecule has 3 aromatic carbocycles. The van der Waals surface area contributed by atoms with Gasteiger partial charge >= 0.3 is 0 Å². The van der Waals surface area contributed by atoms with Gasteiger partial charge in [0.1, 0.15) is 29.7 Å². The molecule has 10 nitrogen and oxygen atoms in total. The van der Waals surface area contributed by atoms with Crippen LogP contribution in [0.2, 0.25) is 0 Å². The van der Waals surface area contributed by atoms with E-state index >= 15 is 0 Å². The Balaban J connectivity index is 1.18. The van der Waals surface area contributed by atoms with Crippen LogP contribution < -0.4 is 25.3 Å². The molecule has 2 aliphatic heterocycles. The van der Waals surface area contributed by atoms with E-state index in [2.05, 4.69) is 45.5 Å². The number of nitrogens with two attached hydrogens (primary N) is 1. The lowest BCUT2D eigenvalue weighted by molar-refractivity contribution is -0.134. The molecular formula is C40H46BrFN4O6. The average Bonchev–Trinajstić information content (AvgIpc) is 3.98. The molecule has 2 atom stereocenters. The van der Waals surface area contributed by atoms with Gasteiger partial charge in [0, 0.05) is 49.7 Å². The number of carbonyl (C=O) groups is 3. The van der Waals surface area contributed by atoms with Crippen molar-refractivity contribution in [2.45, 2.75) is 69.5 Å². The number of halogens is 2. The van der Waals surface area contributed by atoms with Gasteiger partial charge in [-0.2, -0.15) is 0 Å². The van der Waals surface area contributed by atoms with Crippen LogP contribution in [0.1, 0.15) is 56.1 Å². The summed E-state index contributed by atoms with van der Waals surface area (Å²) in [6.45, 7) is 2.12. The summed E-state index contributed by atoms with van der Waals surface area (Å²) in [5, 5.41) is 3.66. The van der Waals surface area contributed by atoms with Crippen LogP contribution in [-0.2, 0) is 20.8 Å². The predicted molar refractivity (Wildman–Crippen MR) is 199 cm³/mol. The van der Waals surface area contributed by atoms with Gasteiger partial charge in [-0.3, -0.25) is 14.4 Å². The minimum absolute atomic E-state index is 0.0165. The fourth-order valence-electron chi connectivity index (χ4n) is 6.99. The summed E-state index contributed by atoms with van der Waals surface area (Å²) in [4.78, 5) is 43.0. The van der Waals surface area contributed by atoms with Crippen molar-refractivity contribution in [2.75, 3.05) is 40.0 Å². The number of nitrogens with one attached hydrogen (secondary N) is 1. The number of carbonyl (C=O) groups excluding carboxylic acids is 3. The lowest BCUT2D eigenvalue weighted by Gasteiger charge is -2.45. The van der Waals surface area contributed by atoms with Crippen LogP contribution in [0.3, 0.4) is 0 Å². The molecule has 2 heterocycles. The van der Waals surface area contributed by atoms with Crippen LogP contribution >= 0.6 is 15.9 Å². The highest BCUT2D eigenvalue weighted by Gasteiger charge is 2.43. The molecule has 2 unspecified atom stereocenters. The van der Waals surface area contributed by atoms with Gasteiger partial charge in [-0.1, -0.05) is 24.3 Å². The first kappa shape index (κ1) is 37.3. The van der Waals surface area contributed by atoms with E-state index in [0.717, 1.165) is 48.1 Å². The third kappa shape index (κ3) is 9.71. The smallest absolute Gasteiger partial charge is 0.252 e. The van der Waals surface area contributed by atoms with Crippen molar-refractivity contribution in [3.8, 4) is 17.2 Å². The van der Waals surface area contributed by atoms with Gasteiger partial charge in [0.25, 0.3) is 5.91 Å². The topological polar surface area (TPSA) is 123 Å². The van der Waals surface area contributed by atoms with E-state index in [1.54, 1.807) is 13.2 Å². The molecule has 3 aliphatic rings. The molecule has 52 heavy (non-hydrogen) atoms. The Kier molecular flexibility index (Phi) is 12.5. The highest BCUT2D eigenvalue weighted by Crippen LogP contribution is 2.37. The predicted octanol–water partition coefficient (Wildman–Crippen LogP) is 5.66. The molecule has 1 aliphatic carbocycles. The quantitative estimate of drug-likeness (QED) is 0.170. The van der Waals surface area contributed by atoms with Crippen LogP contribution in [0.5, 0.6) is 17.2 Å². The highest BCUT2D eigenvalue weighted by atomic mass is 79.9. The summed E-state index contributed by atoms with van der Waals surface area (Å²) in [5.74, 6) is 1.11. The molecule has 2 fully saturated rings. The fourth-order valence-corrected chi connectivity index (χ4v) is 7.35. The van der Waals surface area contributed by atoms with Gasteiger partial charge in [0.05, 0.1) is 30.8 Å². The second kappa shape index (κ2) is 17.4. The molecule has 6 rings (SSSR count). The minimum atomic E-state index is -0.418. The SMILES string of the molecule is COc1ccc(OCCN(C(=O)C2=C(c3ccc(CCCOc4cc(F)ccc4Br)cc3)CC3CN(C(=O)CCCC(N)=O)CC2N3)C2CC2)cc1. The first-order chi connectivity index (χ1) is 25.2. The number of fused-ring (bicyclic) bond motifs is 2. The molecule has 0 radical (unpaired) electrons. The molecule has 0 aromatic heterocycles. The Labute approximate surface area is 312 Å². The molecule has 0 spiro atoms. The zero-order valence-electron chi connectivity index (χ0n) is 29.5. The van der Waals surface area contributed by atoms with Gasteiger partial charge in [0.2, 0.25) is 11.8 Å². The van der Waals surface area contributed by atoms with Gasteiger partial charge in [-0.15, -0.1) is 0 Å². The second-order valence-corrected chi connectivity index (χ2v) is 14.5. The minimum Gasteiger partial charge on any atom is -0.497 e. The van der Waals surface area contributed by atoms with Gasteiger partial charge in [0.15, 0.2) is 0 Å². The number of aryl methyl sites for hydroxylation is 1. The van der Waals surface area contributed by atoms with Crippen LogP contribution in [0.15, 0.2) is 76.8 Å². The second-order valence-electron chi connectivity index (χ2n) is 13.6. The van der Waals surface area contributed by atoms with Crippen molar-refractivity contribution >= 4 is 39.2 Å². The van der Waals surface area contributed by atoms with Crippen molar-refractivity contribution < 1.29 is 33.0 Å². The van der Waals surface area contributed by atoms with Gasteiger partial charge in [-0.05, 0) is 108 Å². The van der Waals surface area contributed by atoms with Gasteiger partial charge in [-0.25, -0.2) is 4.39 Å². The van der Waals surface area contributed by atoms with Crippen LogP contribution in [-0.4, -0.2) is 85.6 Å². The maximum atomic E-state index is 14.7. The standard InChI is InChI=1S/C40H46BrFN4O6/c1-50-31-14-16-32(17-15-31)51-21-19-46(30-12-13-30)40(49)39-33(23-29-24-45(25-35(39)44-29)38(48)6-2-5-37(43)47)27-9-7-26(8-10-27)4-3-20-52-36-22-28(42)11-18-34(36)41/h7-11,14-18,22,29-30,35,44H,2-6,12-13,19-21,23-25H2,1H3,(H2,43,47). The highest BCUT2D eigenvalue weighted by molar-refractivity contribution is 9.10. The van der Waals surface area contributed by atoms with E-state index in [9.17, 15) is 18.8 Å². The Bertz CT molecular complexity index is 1760. The zero-order chi connectivity index (χ0) is 36.6. The van der Waals surface area contributed by atoms with E-state index < -0.39 is 5.91 Å². The first-order valence-electron chi connectivity index (χ1n) is 18.0. The lowest BCUT2D eigenvalue weighted by Crippen LogP contribution is -2.62. The molecule has 2 bridgehead atoms. The summed E-state index contributed by atoms with van der Waals surface area (Å²) in [6.07, 6.45) is 4.83. The number of primary amides is 1. The van der Waals surface area contributed by atoms with Crippen molar-refractivity contribution in [1.29, 1.82) is 0 Å². The summed E-state index contributed by atoms with van der Waals surface area (Å²) < 4.78 is 31.5. The lowest BCUT2D eigenvalue weighted by atomic mass is 9.82.